The lowest BCUT2D eigenvalue weighted by Crippen LogP contribution is -2.45. The van der Waals surface area contributed by atoms with Crippen molar-refractivity contribution in [2.24, 2.45) is 0 Å². The van der Waals surface area contributed by atoms with Gasteiger partial charge in [0, 0.05) is 49.3 Å². The van der Waals surface area contributed by atoms with Crippen molar-refractivity contribution >= 4 is 17.0 Å². The van der Waals surface area contributed by atoms with Crippen LogP contribution >= 0.6 is 0 Å². The van der Waals surface area contributed by atoms with Gasteiger partial charge in [-0.05, 0) is 51.1 Å². The zero-order chi connectivity index (χ0) is 21.5. The molecule has 0 spiro atoms. The predicted octanol–water partition coefficient (Wildman–Crippen LogP) is 2.96. The fourth-order valence-corrected chi connectivity index (χ4v) is 4.58. The first kappa shape index (κ1) is 20.4. The summed E-state index contributed by atoms with van der Waals surface area (Å²) in [6.45, 7) is 8.83. The Morgan fingerprint density at radius 3 is 2.60 bits per heavy atom. The van der Waals surface area contributed by atoms with E-state index in [2.05, 4.69) is 16.3 Å². The van der Waals surface area contributed by atoms with E-state index in [1.807, 2.05) is 43.5 Å². The van der Waals surface area contributed by atoms with E-state index >= 15 is 0 Å². The number of nitrogens with one attached hydrogen (secondary N) is 1. The maximum atomic E-state index is 12.4. The lowest BCUT2D eigenvalue weighted by molar-refractivity contribution is 0.0454. The van der Waals surface area contributed by atoms with Gasteiger partial charge in [-0.2, -0.15) is 5.26 Å². The summed E-state index contributed by atoms with van der Waals surface area (Å²) in [5.41, 5.74) is 2.23. The molecule has 7 nitrogen and oxygen atoms in total. The first-order valence-corrected chi connectivity index (χ1v) is 10.5. The molecule has 0 aliphatic carbocycles. The van der Waals surface area contributed by atoms with Crippen LogP contribution in [0, 0.1) is 11.3 Å². The second kappa shape index (κ2) is 7.77. The number of alkyl carbamates (subject to hydrolysis) is 1. The Kier molecular flexibility index (Phi) is 5.29. The molecule has 158 valence electrons. The summed E-state index contributed by atoms with van der Waals surface area (Å²) < 4.78 is 7.38. The maximum Gasteiger partial charge on any atom is 0.407 e. The molecule has 1 aromatic heterocycles. The predicted molar refractivity (Wildman–Crippen MR) is 114 cm³/mol. The van der Waals surface area contributed by atoms with Crippen molar-refractivity contribution in [1.29, 1.82) is 5.26 Å². The monoisotopic (exact) mass is 408 g/mol. The van der Waals surface area contributed by atoms with Gasteiger partial charge in [0.15, 0.2) is 0 Å². The molecule has 1 N–H and O–H groups in total. The van der Waals surface area contributed by atoms with Crippen LogP contribution in [0.15, 0.2) is 29.1 Å². The van der Waals surface area contributed by atoms with E-state index < -0.39 is 0 Å². The highest BCUT2D eigenvalue weighted by Gasteiger charge is 2.31. The molecule has 30 heavy (non-hydrogen) atoms. The largest absolute Gasteiger partial charge is 0.446 e. The number of hydrogen-bond acceptors (Lipinski definition) is 5. The van der Waals surface area contributed by atoms with Gasteiger partial charge in [-0.15, -0.1) is 0 Å². The van der Waals surface area contributed by atoms with E-state index in [0.717, 1.165) is 48.9 Å². The average Bonchev–Trinajstić information content (AvgIpc) is 3.06. The summed E-state index contributed by atoms with van der Waals surface area (Å²) in [6.07, 6.45) is 1.13. The van der Waals surface area contributed by atoms with E-state index in [4.69, 9.17) is 4.74 Å². The highest BCUT2D eigenvalue weighted by atomic mass is 16.6. The summed E-state index contributed by atoms with van der Waals surface area (Å²) >= 11 is 0. The molecular formula is C23H28N4O3. The van der Waals surface area contributed by atoms with Crippen LogP contribution in [0.1, 0.15) is 50.7 Å². The van der Waals surface area contributed by atoms with Crippen LogP contribution in [0.25, 0.3) is 10.9 Å². The Morgan fingerprint density at radius 1 is 1.23 bits per heavy atom. The molecule has 2 aromatic rings. The van der Waals surface area contributed by atoms with Gasteiger partial charge < -0.3 is 19.5 Å². The van der Waals surface area contributed by atoms with Crippen LogP contribution in [0.3, 0.4) is 0 Å². The number of carbonyl (C=O) groups is 1. The van der Waals surface area contributed by atoms with Crippen LogP contribution in [-0.4, -0.2) is 46.8 Å². The standard InChI is InChI=1S/C23H28N4O3/c1-23(2,3)25-22(29)30-18-8-10-26(11-9-18)13-17-14-27-19(28)7-6-15-4-5-16(12-24)20(17)21(15)27/h4-7,17-18H,8-11,13-14H2,1-3H3,(H,25,29). The van der Waals surface area contributed by atoms with Crippen molar-refractivity contribution < 1.29 is 9.53 Å². The Balaban J connectivity index is 1.43. The molecule has 4 rings (SSSR count). The summed E-state index contributed by atoms with van der Waals surface area (Å²) in [6, 6.07) is 9.53. The summed E-state index contributed by atoms with van der Waals surface area (Å²) in [7, 11) is 0. The normalized spacial score (nSPS) is 19.6. The molecule has 1 fully saturated rings. The summed E-state index contributed by atoms with van der Waals surface area (Å²) in [4.78, 5) is 26.8. The van der Waals surface area contributed by atoms with Gasteiger partial charge in [0.1, 0.15) is 6.10 Å². The number of nitrogens with zero attached hydrogens (tertiary/aromatic N) is 3. The molecule has 3 heterocycles. The topological polar surface area (TPSA) is 87.4 Å². The van der Waals surface area contributed by atoms with Crippen LogP contribution in [0.4, 0.5) is 4.79 Å². The van der Waals surface area contributed by atoms with Gasteiger partial charge in [-0.1, -0.05) is 6.07 Å². The highest BCUT2D eigenvalue weighted by molar-refractivity contribution is 5.86. The maximum absolute atomic E-state index is 12.4. The number of amides is 1. The molecular weight excluding hydrogens is 380 g/mol. The van der Waals surface area contributed by atoms with Crippen molar-refractivity contribution in [2.75, 3.05) is 19.6 Å². The van der Waals surface area contributed by atoms with Crippen LogP contribution in [0.5, 0.6) is 0 Å². The van der Waals surface area contributed by atoms with Crippen molar-refractivity contribution in [1.82, 2.24) is 14.8 Å². The molecule has 1 aromatic carbocycles. The lowest BCUT2D eigenvalue weighted by atomic mass is 9.93. The number of pyridine rings is 1. The fourth-order valence-electron chi connectivity index (χ4n) is 4.58. The van der Waals surface area contributed by atoms with E-state index in [9.17, 15) is 14.9 Å². The van der Waals surface area contributed by atoms with Crippen LogP contribution in [-0.2, 0) is 11.3 Å². The van der Waals surface area contributed by atoms with Crippen molar-refractivity contribution in [3.8, 4) is 6.07 Å². The second-order valence-electron chi connectivity index (χ2n) is 9.34. The number of rotatable bonds is 3. The minimum absolute atomic E-state index is 0.0155. The number of ether oxygens (including phenoxy) is 1. The quantitative estimate of drug-likeness (QED) is 0.844. The lowest BCUT2D eigenvalue weighted by Gasteiger charge is -2.33. The van der Waals surface area contributed by atoms with Gasteiger partial charge >= 0.3 is 6.09 Å². The van der Waals surface area contributed by atoms with Crippen LogP contribution < -0.4 is 10.9 Å². The van der Waals surface area contributed by atoms with Crippen molar-refractivity contribution in [3.05, 3.63) is 45.7 Å². The van der Waals surface area contributed by atoms with E-state index in [-0.39, 0.29) is 29.2 Å². The number of aromatic nitrogens is 1. The van der Waals surface area contributed by atoms with Crippen molar-refractivity contribution in [3.63, 3.8) is 0 Å². The zero-order valence-corrected chi connectivity index (χ0v) is 17.8. The van der Waals surface area contributed by atoms with Gasteiger partial charge in [-0.25, -0.2) is 4.79 Å². The molecule has 0 bridgehead atoms. The van der Waals surface area contributed by atoms with Gasteiger partial charge in [0.2, 0.25) is 0 Å². The molecule has 7 heteroatoms. The van der Waals surface area contributed by atoms with E-state index in [0.29, 0.717) is 12.1 Å². The number of likely N-dealkylation sites (tertiary alicyclic amines) is 1. The van der Waals surface area contributed by atoms with Crippen LogP contribution in [0.2, 0.25) is 0 Å². The van der Waals surface area contributed by atoms with Gasteiger partial charge in [0.05, 0.1) is 17.1 Å². The molecule has 1 unspecified atom stereocenters. The first-order valence-electron chi connectivity index (χ1n) is 10.5. The number of carbonyl (C=O) groups excluding carboxylic acids is 1. The Labute approximate surface area is 176 Å². The highest BCUT2D eigenvalue weighted by Crippen LogP contribution is 2.36. The van der Waals surface area contributed by atoms with Gasteiger partial charge in [0.25, 0.3) is 5.56 Å². The molecule has 2 aliphatic heterocycles. The minimum atomic E-state index is -0.364. The first-order chi connectivity index (χ1) is 14.2. The molecule has 0 saturated carbocycles. The summed E-state index contributed by atoms with van der Waals surface area (Å²) in [5, 5.41) is 13.5. The third kappa shape index (κ3) is 4.05. The molecule has 2 aliphatic rings. The Hall–Kier alpha value is -2.85. The number of piperidine rings is 1. The molecule has 1 atom stereocenters. The van der Waals surface area contributed by atoms with E-state index in [1.54, 1.807) is 6.07 Å². The van der Waals surface area contributed by atoms with Crippen molar-refractivity contribution in [2.45, 2.75) is 57.7 Å². The van der Waals surface area contributed by atoms with Gasteiger partial charge in [-0.3, -0.25) is 4.79 Å². The Bertz CT molecular complexity index is 1070. The number of nitriles is 1. The average molecular weight is 409 g/mol. The SMILES string of the molecule is CC(C)(C)NC(=O)OC1CCN(CC2Cn3c(=O)ccc4ccc(C#N)c2c43)CC1. The molecule has 1 amide bonds. The number of hydrogen-bond donors (Lipinski definition) is 1. The molecule has 0 radical (unpaired) electrons. The third-order valence-corrected chi connectivity index (χ3v) is 5.89. The second-order valence-corrected chi connectivity index (χ2v) is 9.34. The molecule has 1 saturated heterocycles. The third-order valence-electron chi connectivity index (χ3n) is 5.89. The minimum Gasteiger partial charge on any atom is -0.446 e. The Morgan fingerprint density at radius 2 is 1.93 bits per heavy atom. The van der Waals surface area contributed by atoms with E-state index in [1.165, 1.54) is 0 Å². The number of benzene rings is 1. The fraction of sp³-hybridized carbons (Fsp3) is 0.522. The summed E-state index contributed by atoms with van der Waals surface area (Å²) in [5.74, 6) is 0.111. The smallest absolute Gasteiger partial charge is 0.407 e. The zero-order valence-electron chi connectivity index (χ0n) is 17.8.